The Morgan fingerprint density at radius 2 is 1.81 bits per heavy atom. The first kappa shape index (κ1) is 18.8. The van der Waals surface area contributed by atoms with Crippen LogP contribution in [0, 0.1) is 6.92 Å². The summed E-state index contributed by atoms with van der Waals surface area (Å²) < 4.78 is 5.84. The lowest BCUT2D eigenvalue weighted by atomic mass is 10.0. The lowest BCUT2D eigenvalue weighted by molar-refractivity contribution is -0.118. The van der Waals surface area contributed by atoms with E-state index in [0.717, 1.165) is 10.0 Å². The SMILES string of the molecule is Cc1cc(NC(=O)C(Cc2ccccc2)NC(=O)c2ccc(Br)cc2)no1. The molecule has 0 aliphatic rings. The van der Waals surface area contributed by atoms with Crippen LogP contribution in [0.5, 0.6) is 0 Å². The van der Waals surface area contributed by atoms with Crippen LogP contribution in [-0.4, -0.2) is 23.0 Å². The first-order valence-electron chi connectivity index (χ1n) is 8.36. The number of nitrogens with zero attached hydrogens (tertiary/aromatic N) is 1. The van der Waals surface area contributed by atoms with Gasteiger partial charge in [-0.2, -0.15) is 0 Å². The third-order valence-corrected chi connectivity index (χ3v) is 4.42. The van der Waals surface area contributed by atoms with Crippen molar-refractivity contribution in [2.24, 2.45) is 0 Å². The molecule has 6 nitrogen and oxygen atoms in total. The van der Waals surface area contributed by atoms with Crippen LogP contribution in [0.1, 0.15) is 21.7 Å². The zero-order valence-corrected chi connectivity index (χ0v) is 16.2. The standard InChI is InChI=1S/C20H18BrN3O3/c1-13-11-18(24-27-13)23-20(26)17(12-14-5-3-2-4-6-14)22-19(25)15-7-9-16(21)10-8-15/h2-11,17H,12H2,1H3,(H,22,25)(H,23,24,26). The summed E-state index contributed by atoms with van der Waals surface area (Å²) in [6.07, 6.45) is 0.353. The minimum absolute atomic E-state index is 0.313. The van der Waals surface area contributed by atoms with Gasteiger partial charge in [0.15, 0.2) is 5.82 Å². The van der Waals surface area contributed by atoms with Gasteiger partial charge in [0.2, 0.25) is 5.91 Å². The van der Waals surface area contributed by atoms with E-state index in [-0.39, 0.29) is 11.8 Å². The molecule has 2 aromatic carbocycles. The summed E-state index contributed by atoms with van der Waals surface area (Å²) in [6, 6.07) is 17.3. The molecule has 0 aliphatic carbocycles. The number of nitrogens with one attached hydrogen (secondary N) is 2. The van der Waals surface area contributed by atoms with E-state index in [1.165, 1.54) is 0 Å². The summed E-state index contributed by atoms with van der Waals surface area (Å²) in [7, 11) is 0. The number of hydrogen-bond acceptors (Lipinski definition) is 4. The molecular formula is C20H18BrN3O3. The van der Waals surface area contributed by atoms with Gasteiger partial charge in [0.1, 0.15) is 11.8 Å². The molecule has 0 spiro atoms. The largest absolute Gasteiger partial charge is 0.360 e. The van der Waals surface area contributed by atoms with E-state index in [0.29, 0.717) is 23.6 Å². The van der Waals surface area contributed by atoms with Gasteiger partial charge in [0, 0.05) is 22.5 Å². The van der Waals surface area contributed by atoms with Gasteiger partial charge in [-0.05, 0) is 36.8 Å². The molecule has 1 unspecified atom stereocenters. The molecule has 0 saturated heterocycles. The lowest BCUT2D eigenvalue weighted by Gasteiger charge is -2.18. The maximum Gasteiger partial charge on any atom is 0.251 e. The minimum atomic E-state index is -0.763. The van der Waals surface area contributed by atoms with Crippen molar-refractivity contribution in [3.8, 4) is 0 Å². The van der Waals surface area contributed by atoms with Crippen molar-refractivity contribution in [2.75, 3.05) is 5.32 Å². The van der Waals surface area contributed by atoms with Crippen molar-refractivity contribution >= 4 is 33.6 Å². The van der Waals surface area contributed by atoms with E-state index < -0.39 is 6.04 Å². The summed E-state index contributed by atoms with van der Waals surface area (Å²) in [5.41, 5.74) is 1.41. The van der Waals surface area contributed by atoms with Gasteiger partial charge >= 0.3 is 0 Å². The Balaban J connectivity index is 1.76. The highest BCUT2D eigenvalue weighted by molar-refractivity contribution is 9.10. The van der Waals surface area contributed by atoms with Crippen molar-refractivity contribution < 1.29 is 14.1 Å². The number of aryl methyl sites for hydroxylation is 1. The van der Waals surface area contributed by atoms with Gasteiger partial charge in [-0.1, -0.05) is 51.4 Å². The summed E-state index contributed by atoms with van der Waals surface area (Å²) >= 11 is 3.34. The van der Waals surface area contributed by atoms with Crippen molar-refractivity contribution in [1.29, 1.82) is 0 Å². The Hall–Kier alpha value is -2.93. The fraction of sp³-hybridized carbons (Fsp3) is 0.150. The average Bonchev–Trinajstić information content (AvgIpc) is 3.07. The number of aromatic nitrogens is 1. The van der Waals surface area contributed by atoms with Gasteiger partial charge < -0.3 is 15.2 Å². The third-order valence-electron chi connectivity index (χ3n) is 3.89. The Labute approximate surface area is 165 Å². The van der Waals surface area contributed by atoms with Crippen LogP contribution in [0.2, 0.25) is 0 Å². The molecule has 1 atom stereocenters. The number of benzene rings is 2. The van der Waals surface area contributed by atoms with E-state index in [1.807, 2.05) is 30.3 Å². The quantitative estimate of drug-likeness (QED) is 0.627. The number of carbonyl (C=O) groups is 2. The van der Waals surface area contributed by atoms with E-state index in [2.05, 4.69) is 31.7 Å². The maximum atomic E-state index is 12.7. The predicted molar refractivity (Wildman–Crippen MR) is 105 cm³/mol. The normalized spacial score (nSPS) is 11.6. The number of rotatable bonds is 6. The number of carbonyl (C=O) groups excluding carboxylic acids is 2. The number of hydrogen-bond donors (Lipinski definition) is 2. The fourth-order valence-electron chi connectivity index (χ4n) is 2.54. The molecule has 0 radical (unpaired) electrons. The molecule has 0 fully saturated rings. The predicted octanol–water partition coefficient (Wildman–Crippen LogP) is 3.73. The van der Waals surface area contributed by atoms with Crippen molar-refractivity contribution in [3.63, 3.8) is 0 Å². The molecule has 1 heterocycles. The number of anilines is 1. The summed E-state index contributed by atoms with van der Waals surface area (Å²) in [6.45, 7) is 1.74. The first-order chi connectivity index (χ1) is 13.0. The van der Waals surface area contributed by atoms with Crippen LogP contribution in [0.4, 0.5) is 5.82 Å². The Kier molecular flexibility index (Phi) is 6.03. The fourth-order valence-corrected chi connectivity index (χ4v) is 2.80. The van der Waals surface area contributed by atoms with Crippen LogP contribution in [0.15, 0.2) is 69.7 Å². The summed E-state index contributed by atoms with van der Waals surface area (Å²) in [5, 5.41) is 9.25. The molecule has 0 bridgehead atoms. The first-order valence-corrected chi connectivity index (χ1v) is 9.15. The lowest BCUT2D eigenvalue weighted by Crippen LogP contribution is -2.45. The van der Waals surface area contributed by atoms with E-state index in [9.17, 15) is 9.59 Å². The van der Waals surface area contributed by atoms with Crippen molar-refractivity contribution in [3.05, 3.63) is 82.0 Å². The van der Waals surface area contributed by atoms with Crippen LogP contribution >= 0.6 is 15.9 Å². The minimum Gasteiger partial charge on any atom is -0.360 e. The van der Waals surface area contributed by atoms with Crippen LogP contribution in [-0.2, 0) is 11.2 Å². The molecule has 2 N–H and O–H groups in total. The monoisotopic (exact) mass is 427 g/mol. The molecule has 27 heavy (non-hydrogen) atoms. The smallest absolute Gasteiger partial charge is 0.251 e. The molecule has 3 aromatic rings. The highest BCUT2D eigenvalue weighted by atomic mass is 79.9. The van der Waals surface area contributed by atoms with Crippen LogP contribution in [0.3, 0.4) is 0 Å². The molecule has 0 aliphatic heterocycles. The van der Waals surface area contributed by atoms with Crippen molar-refractivity contribution in [1.82, 2.24) is 10.5 Å². The van der Waals surface area contributed by atoms with E-state index >= 15 is 0 Å². The molecule has 0 saturated carbocycles. The topological polar surface area (TPSA) is 84.2 Å². The summed E-state index contributed by atoms with van der Waals surface area (Å²) in [4.78, 5) is 25.3. The van der Waals surface area contributed by atoms with Crippen molar-refractivity contribution in [2.45, 2.75) is 19.4 Å². The van der Waals surface area contributed by atoms with Crippen LogP contribution < -0.4 is 10.6 Å². The third kappa shape index (κ3) is 5.27. The Morgan fingerprint density at radius 3 is 2.44 bits per heavy atom. The average molecular weight is 428 g/mol. The molecule has 3 rings (SSSR count). The van der Waals surface area contributed by atoms with Gasteiger partial charge in [-0.25, -0.2) is 0 Å². The van der Waals surface area contributed by atoms with Crippen LogP contribution in [0.25, 0.3) is 0 Å². The van der Waals surface area contributed by atoms with Gasteiger partial charge in [0.05, 0.1) is 0 Å². The molecule has 2 amide bonds. The number of halogens is 1. The Bertz CT molecular complexity index is 923. The highest BCUT2D eigenvalue weighted by Gasteiger charge is 2.23. The second-order valence-electron chi connectivity index (χ2n) is 6.03. The molecule has 138 valence electrons. The van der Waals surface area contributed by atoms with Gasteiger partial charge in [0.25, 0.3) is 5.91 Å². The second kappa shape index (κ2) is 8.64. The molecule has 7 heteroatoms. The van der Waals surface area contributed by atoms with E-state index in [4.69, 9.17) is 4.52 Å². The zero-order valence-electron chi connectivity index (χ0n) is 14.6. The molecular weight excluding hydrogens is 410 g/mol. The second-order valence-corrected chi connectivity index (χ2v) is 6.95. The Morgan fingerprint density at radius 1 is 1.11 bits per heavy atom. The molecule has 1 aromatic heterocycles. The summed E-state index contributed by atoms with van der Waals surface area (Å²) in [5.74, 6) is 0.213. The number of amides is 2. The highest BCUT2D eigenvalue weighted by Crippen LogP contribution is 2.13. The van der Waals surface area contributed by atoms with Gasteiger partial charge in [-0.15, -0.1) is 0 Å². The van der Waals surface area contributed by atoms with Gasteiger partial charge in [-0.3, -0.25) is 9.59 Å². The maximum absolute atomic E-state index is 12.7. The zero-order chi connectivity index (χ0) is 19.2. The van der Waals surface area contributed by atoms with E-state index in [1.54, 1.807) is 37.3 Å².